The molecule has 7 nitrogen and oxygen atoms in total. The quantitative estimate of drug-likeness (QED) is 0.584. The second kappa shape index (κ2) is 9.53. The molecule has 0 saturated carbocycles. The molecule has 1 unspecified atom stereocenters. The number of benzene rings is 1. The molecule has 1 heterocycles. The smallest absolute Gasteiger partial charge is 0.341 e. The molecule has 1 amide bonds. The lowest BCUT2D eigenvalue weighted by atomic mass is 10.1. The van der Waals surface area contributed by atoms with Crippen LogP contribution in [0.5, 0.6) is 0 Å². The molecule has 0 spiro atoms. The zero-order valence-corrected chi connectivity index (χ0v) is 14.7. The van der Waals surface area contributed by atoms with E-state index in [1.807, 2.05) is 30.3 Å². The first-order chi connectivity index (χ1) is 12.5. The Morgan fingerprint density at radius 3 is 2.54 bits per heavy atom. The number of ether oxygens (including phenoxy) is 2. The summed E-state index contributed by atoms with van der Waals surface area (Å²) >= 11 is 5.80. The SMILES string of the molecule is COC(=O)C(Cc1ccccc1)NC(=O)COC(=O)c1cccnc1Cl. The summed E-state index contributed by atoms with van der Waals surface area (Å²) in [5.74, 6) is -2.01. The highest BCUT2D eigenvalue weighted by molar-refractivity contribution is 6.32. The number of esters is 2. The van der Waals surface area contributed by atoms with E-state index in [-0.39, 0.29) is 17.1 Å². The standard InChI is InChI=1S/C18H17ClN2O5/c1-25-18(24)14(10-12-6-3-2-4-7-12)21-15(22)11-26-17(23)13-8-5-9-20-16(13)19/h2-9,14H,10-11H2,1H3,(H,21,22). The zero-order chi connectivity index (χ0) is 18.9. The van der Waals surface area contributed by atoms with Gasteiger partial charge in [0.15, 0.2) is 6.61 Å². The monoisotopic (exact) mass is 376 g/mol. The summed E-state index contributed by atoms with van der Waals surface area (Å²) in [6.07, 6.45) is 1.68. The second-order valence-corrected chi connectivity index (χ2v) is 5.61. The summed E-state index contributed by atoms with van der Waals surface area (Å²) in [6.45, 7) is -0.563. The van der Waals surface area contributed by atoms with Crippen molar-refractivity contribution in [2.45, 2.75) is 12.5 Å². The third-order valence-electron chi connectivity index (χ3n) is 3.42. The van der Waals surface area contributed by atoms with E-state index < -0.39 is 30.5 Å². The van der Waals surface area contributed by atoms with E-state index in [2.05, 4.69) is 10.3 Å². The molecule has 0 aliphatic rings. The molecular formula is C18H17ClN2O5. The van der Waals surface area contributed by atoms with Crippen LogP contribution in [0.3, 0.4) is 0 Å². The Balaban J connectivity index is 1.93. The summed E-state index contributed by atoms with van der Waals surface area (Å²) in [5, 5.41) is 2.48. The molecule has 1 N–H and O–H groups in total. The number of carbonyl (C=O) groups is 3. The third-order valence-corrected chi connectivity index (χ3v) is 3.72. The van der Waals surface area contributed by atoms with Crippen LogP contribution in [0.25, 0.3) is 0 Å². The maximum atomic E-state index is 12.0. The first-order valence-corrected chi connectivity index (χ1v) is 8.08. The van der Waals surface area contributed by atoms with Crippen LogP contribution in [-0.4, -0.2) is 42.6 Å². The fourth-order valence-electron chi connectivity index (χ4n) is 2.17. The van der Waals surface area contributed by atoms with Crippen LogP contribution in [0.1, 0.15) is 15.9 Å². The van der Waals surface area contributed by atoms with Crippen molar-refractivity contribution >= 4 is 29.4 Å². The van der Waals surface area contributed by atoms with E-state index in [1.165, 1.54) is 25.4 Å². The van der Waals surface area contributed by atoms with Gasteiger partial charge in [0.25, 0.3) is 5.91 Å². The van der Waals surface area contributed by atoms with Crippen molar-refractivity contribution in [3.63, 3.8) is 0 Å². The van der Waals surface area contributed by atoms with E-state index in [0.29, 0.717) is 0 Å². The van der Waals surface area contributed by atoms with Gasteiger partial charge >= 0.3 is 11.9 Å². The van der Waals surface area contributed by atoms with Crippen LogP contribution >= 0.6 is 11.6 Å². The number of nitrogens with one attached hydrogen (secondary N) is 1. The maximum absolute atomic E-state index is 12.0. The Labute approximate surface area is 155 Å². The lowest BCUT2D eigenvalue weighted by Gasteiger charge is -2.16. The van der Waals surface area contributed by atoms with Crippen molar-refractivity contribution in [3.8, 4) is 0 Å². The van der Waals surface area contributed by atoms with Crippen molar-refractivity contribution in [3.05, 3.63) is 64.9 Å². The minimum atomic E-state index is -0.893. The molecule has 0 fully saturated rings. The Kier molecular flexibility index (Phi) is 7.11. The Morgan fingerprint density at radius 2 is 1.88 bits per heavy atom. The number of hydrogen-bond donors (Lipinski definition) is 1. The number of aromatic nitrogens is 1. The molecule has 0 radical (unpaired) electrons. The summed E-state index contributed by atoms with van der Waals surface area (Å²) in [5.41, 5.74) is 0.901. The van der Waals surface area contributed by atoms with Gasteiger partial charge in [-0.25, -0.2) is 14.6 Å². The number of halogens is 1. The van der Waals surface area contributed by atoms with Crippen LogP contribution in [-0.2, 0) is 25.5 Å². The van der Waals surface area contributed by atoms with Crippen LogP contribution in [0.15, 0.2) is 48.7 Å². The average Bonchev–Trinajstić information content (AvgIpc) is 2.66. The Hall–Kier alpha value is -2.93. The van der Waals surface area contributed by atoms with Crippen molar-refractivity contribution in [2.24, 2.45) is 0 Å². The fourth-order valence-corrected chi connectivity index (χ4v) is 2.36. The Morgan fingerprint density at radius 1 is 1.15 bits per heavy atom. The van der Waals surface area contributed by atoms with E-state index in [0.717, 1.165) is 5.56 Å². The summed E-state index contributed by atoms with van der Waals surface area (Å²) < 4.78 is 9.62. The van der Waals surface area contributed by atoms with Gasteiger partial charge in [0.05, 0.1) is 12.7 Å². The number of nitrogens with zero attached hydrogens (tertiary/aromatic N) is 1. The highest BCUT2D eigenvalue weighted by Gasteiger charge is 2.23. The molecule has 2 aromatic rings. The van der Waals surface area contributed by atoms with Crippen molar-refractivity contribution < 1.29 is 23.9 Å². The van der Waals surface area contributed by atoms with E-state index in [1.54, 1.807) is 0 Å². The average molecular weight is 377 g/mol. The largest absolute Gasteiger partial charge is 0.467 e. The van der Waals surface area contributed by atoms with Crippen molar-refractivity contribution in [1.82, 2.24) is 10.3 Å². The highest BCUT2D eigenvalue weighted by atomic mass is 35.5. The van der Waals surface area contributed by atoms with Crippen LogP contribution in [0.4, 0.5) is 0 Å². The normalized spacial score (nSPS) is 11.3. The number of carbonyl (C=O) groups excluding carboxylic acids is 3. The third kappa shape index (κ3) is 5.56. The summed E-state index contributed by atoms with van der Waals surface area (Å²) in [6, 6.07) is 11.2. The summed E-state index contributed by atoms with van der Waals surface area (Å²) in [4.78, 5) is 39.6. The minimum Gasteiger partial charge on any atom is -0.467 e. The highest BCUT2D eigenvalue weighted by Crippen LogP contribution is 2.12. The topological polar surface area (TPSA) is 94.6 Å². The van der Waals surface area contributed by atoms with Gasteiger partial charge in [0, 0.05) is 12.6 Å². The number of rotatable bonds is 7. The second-order valence-electron chi connectivity index (χ2n) is 5.25. The molecule has 0 saturated heterocycles. The minimum absolute atomic E-state index is 0.0191. The molecule has 1 atom stereocenters. The molecular weight excluding hydrogens is 360 g/mol. The van der Waals surface area contributed by atoms with E-state index in [4.69, 9.17) is 21.1 Å². The van der Waals surface area contributed by atoms with Crippen LogP contribution < -0.4 is 5.32 Å². The van der Waals surface area contributed by atoms with Gasteiger partial charge in [-0.3, -0.25) is 4.79 Å². The lowest BCUT2D eigenvalue weighted by Crippen LogP contribution is -2.44. The molecule has 136 valence electrons. The molecule has 0 bridgehead atoms. The molecule has 0 aliphatic heterocycles. The predicted octanol–water partition coefficient (Wildman–Crippen LogP) is 1.79. The zero-order valence-electron chi connectivity index (χ0n) is 14.0. The number of hydrogen-bond acceptors (Lipinski definition) is 6. The van der Waals surface area contributed by atoms with Gasteiger partial charge in [-0.1, -0.05) is 41.9 Å². The van der Waals surface area contributed by atoms with Crippen LogP contribution in [0, 0.1) is 0 Å². The van der Waals surface area contributed by atoms with E-state index >= 15 is 0 Å². The predicted molar refractivity (Wildman–Crippen MR) is 93.6 cm³/mol. The van der Waals surface area contributed by atoms with Gasteiger partial charge in [-0.2, -0.15) is 0 Å². The molecule has 2 rings (SSSR count). The van der Waals surface area contributed by atoms with Gasteiger partial charge in [0.1, 0.15) is 11.2 Å². The first-order valence-electron chi connectivity index (χ1n) is 7.70. The molecule has 0 aliphatic carbocycles. The van der Waals surface area contributed by atoms with Crippen molar-refractivity contribution in [1.29, 1.82) is 0 Å². The van der Waals surface area contributed by atoms with Gasteiger partial charge in [-0.05, 0) is 17.7 Å². The van der Waals surface area contributed by atoms with Gasteiger partial charge in [-0.15, -0.1) is 0 Å². The molecule has 1 aromatic heterocycles. The number of amides is 1. The van der Waals surface area contributed by atoms with E-state index in [9.17, 15) is 14.4 Å². The number of methoxy groups -OCH3 is 1. The Bertz CT molecular complexity index is 782. The molecule has 1 aromatic carbocycles. The van der Waals surface area contributed by atoms with Gasteiger partial charge in [0.2, 0.25) is 0 Å². The fraction of sp³-hybridized carbons (Fsp3) is 0.222. The van der Waals surface area contributed by atoms with Crippen LogP contribution in [0.2, 0.25) is 5.15 Å². The lowest BCUT2D eigenvalue weighted by molar-refractivity contribution is -0.145. The van der Waals surface area contributed by atoms with Gasteiger partial charge < -0.3 is 14.8 Å². The molecule has 26 heavy (non-hydrogen) atoms. The van der Waals surface area contributed by atoms with Crippen molar-refractivity contribution in [2.75, 3.05) is 13.7 Å². The first kappa shape index (κ1) is 19.4. The number of pyridine rings is 1. The maximum Gasteiger partial charge on any atom is 0.341 e. The summed E-state index contributed by atoms with van der Waals surface area (Å²) in [7, 11) is 1.23. The molecule has 8 heteroatoms.